The van der Waals surface area contributed by atoms with Gasteiger partial charge in [-0.2, -0.15) is 5.10 Å². The van der Waals surface area contributed by atoms with Gasteiger partial charge in [0.15, 0.2) is 0 Å². The Morgan fingerprint density at radius 2 is 1.83 bits per heavy atom. The maximum absolute atomic E-state index is 12.3. The van der Waals surface area contributed by atoms with Gasteiger partial charge in [-0.1, -0.05) is 65.8 Å². The van der Waals surface area contributed by atoms with Crippen molar-refractivity contribution in [3.8, 4) is 0 Å². The zero-order valence-electron chi connectivity index (χ0n) is 12.4. The SMILES string of the molecule is [N-]=[N+]=NCC(=O)N1N=C(c2ccccc2)C[C@@H]1c1ccccc1. The van der Waals surface area contributed by atoms with Crippen molar-refractivity contribution in [2.75, 3.05) is 6.54 Å². The lowest BCUT2D eigenvalue weighted by atomic mass is 9.98. The van der Waals surface area contributed by atoms with E-state index < -0.39 is 0 Å². The Morgan fingerprint density at radius 3 is 2.48 bits per heavy atom. The van der Waals surface area contributed by atoms with Crippen LogP contribution in [0.25, 0.3) is 10.4 Å². The summed E-state index contributed by atoms with van der Waals surface area (Å²) in [6.45, 7) is -0.231. The quantitative estimate of drug-likeness (QED) is 0.482. The molecule has 0 aliphatic carbocycles. The molecule has 0 saturated carbocycles. The van der Waals surface area contributed by atoms with Crippen molar-refractivity contribution < 1.29 is 4.79 Å². The molecule has 0 radical (unpaired) electrons. The molecule has 1 heterocycles. The second-order valence-electron chi connectivity index (χ2n) is 5.17. The zero-order valence-corrected chi connectivity index (χ0v) is 12.4. The number of nitrogens with zero attached hydrogens (tertiary/aromatic N) is 5. The summed E-state index contributed by atoms with van der Waals surface area (Å²) in [7, 11) is 0. The second-order valence-corrected chi connectivity index (χ2v) is 5.17. The normalized spacial score (nSPS) is 16.6. The van der Waals surface area contributed by atoms with Crippen LogP contribution in [0, 0.1) is 0 Å². The van der Waals surface area contributed by atoms with Gasteiger partial charge in [0.1, 0.15) is 6.54 Å². The molecule has 3 rings (SSSR count). The summed E-state index contributed by atoms with van der Waals surface area (Å²) >= 11 is 0. The van der Waals surface area contributed by atoms with Gasteiger partial charge in [-0.3, -0.25) is 4.79 Å². The van der Waals surface area contributed by atoms with Crippen LogP contribution >= 0.6 is 0 Å². The number of benzene rings is 2. The van der Waals surface area contributed by atoms with Gasteiger partial charge in [0.25, 0.3) is 0 Å². The van der Waals surface area contributed by atoms with Crippen LogP contribution in [0.1, 0.15) is 23.6 Å². The van der Waals surface area contributed by atoms with Gasteiger partial charge in [0.05, 0.1) is 11.8 Å². The molecular weight excluding hydrogens is 290 g/mol. The Hall–Kier alpha value is -3.11. The lowest BCUT2D eigenvalue weighted by molar-refractivity contribution is -0.131. The molecule has 0 spiro atoms. The molecule has 0 fully saturated rings. The third kappa shape index (κ3) is 3.22. The van der Waals surface area contributed by atoms with Crippen molar-refractivity contribution >= 4 is 11.6 Å². The molecule has 0 bridgehead atoms. The molecule has 0 aromatic heterocycles. The van der Waals surface area contributed by atoms with Crippen molar-refractivity contribution in [2.24, 2.45) is 10.2 Å². The Kier molecular flexibility index (Phi) is 4.36. The first-order chi connectivity index (χ1) is 11.3. The molecular formula is C17H15N5O. The predicted molar refractivity (Wildman–Crippen MR) is 87.6 cm³/mol. The van der Waals surface area contributed by atoms with E-state index in [1.165, 1.54) is 5.01 Å². The number of azide groups is 1. The van der Waals surface area contributed by atoms with Gasteiger partial charge in [-0.15, -0.1) is 0 Å². The molecule has 6 nitrogen and oxygen atoms in total. The summed E-state index contributed by atoms with van der Waals surface area (Å²) in [6, 6.07) is 19.4. The highest BCUT2D eigenvalue weighted by Crippen LogP contribution is 2.32. The molecule has 114 valence electrons. The van der Waals surface area contributed by atoms with Gasteiger partial charge in [-0.25, -0.2) is 5.01 Å². The Labute approximate surface area is 133 Å². The summed E-state index contributed by atoms with van der Waals surface area (Å²) in [5, 5.41) is 9.29. The minimum atomic E-state index is -0.303. The zero-order chi connectivity index (χ0) is 16.1. The van der Waals surface area contributed by atoms with E-state index in [-0.39, 0.29) is 18.5 Å². The van der Waals surface area contributed by atoms with Gasteiger partial charge in [0, 0.05) is 11.3 Å². The van der Waals surface area contributed by atoms with Crippen LogP contribution in [-0.4, -0.2) is 23.2 Å². The largest absolute Gasteiger partial charge is 0.273 e. The number of carbonyl (C=O) groups is 1. The van der Waals surface area contributed by atoms with Gasteiger partial charge < -0.3 is 0 Å². The summed E-state index contributed by atoms with van der Waals surface area (Å²) in [4.78, 5) is 15.0. The summed E-state index contributed by atoms with van der Waals surface area (Å²) in [6.07, 6.45) is 0.635. The van der Waals surface area contributed by atoms with E-state index in [2.05, 4.69) is 15.1 Å². The van der Waals surface area contributed by atoms with E-state index >= 15 is 0 Å². The molecule has 2 aromatic rings. The highest BCUT2D eigenvalue weighted by molar-refractivity contribution is 6.03. The molecule has 1 aliphatic heterocycles. The van der Waals surface area contributed by atoms with E-state index in [1.54, 1.807) is 0 Å². The average Bonchev–Trinajstić information content (AvgIpc) is 3.07. The molecule has 0 unspecified atom stereocenters. The number of hydrogen-bond acceptors (Lipinski definition) is 3. The standard InChI is InChI=1S/C17H15N5O/c18-21-19-12-17(23)22-16(14-9-5-2-6-10-14)11-15(20-22)13-7-3-1-4-8-13/h1-10,16H,11-12H2/t16-/m1/s1. The van der Waals surface area contributed by atoms with Crippen LogP contribution < -0.4 is 0 Å². The summed E-state index contributed by atoms with van der Waals surface area (Å²) in [5.74, 6) is -0.303. The molecule has 0 N–H and O–H groups in total. The van der Waals surface area contributed by atoms with Crippen LogP contribution in [0.3, 0.4) is 0 Å². The molecule has 23 heavy (non-hydrogen) atoms. The Balaban J connectivity index is 1.93. The van der Waals surface area contributed by atoms with Crippen LogP contribution in [0.5, 0.6) is 0 Å². The van der Waals surface area contributed by atoms with Crippen molar-refractivity contribution in [1.82, 2.24) is 5.01 Å². The lowest BCUT2D eigenvalue weighted by Gasteiger charge is -2.21. The minimum absolute atomic E-state index is 0.173. The van der Waals surface area contributed by atoms with Gasteiger partial charge in [0.2, 0.25) is 5.91 Å². The molecule has 1 aliphatic rings. The molecule has 0 saturated heterocycles. The van der Waals surface area contributed by atoms with Crippen LogP contribution in [0.15, 0.2) is 70.9 Å². The van der Waals surface area contributed by atoms with Crippen molar-refractivity contribution in [3.63, 3.8) is 0 Å². The monoisotopic (exact) mass is 305 g/mol. The first-order valence-corrected chi connectivity index (χ1v) is 7.30. The number of hydrogen-bond donors (Lipinski definition) is 0. The van der Waals surface area contributed by atoms with Crippen molar-refractivity contribution in [2.45, 2.75) is 12.5 Å². The van der Waals surface area contributed by atoms with E-state index in [0.717, 1.165) is 16.8 Å². The third-order valence-electron chi connectivity index (χ3n) is 3.73. The molecule has 1 amide bonds. The predicted octanol–water partition coefficient (Wildman–Crippen LogP) is 3.67. The highest BCUT2D eigenvalue weighted by atomic mass is 16.2. The van der Waals surface area contributed by atoms with Crippen molar-refractivity contribution in [3.05, 3.63) is 82.2 Å². The van der Waals surface area contributed by atoms with E-state index in [4.69, 9.17) is 5.53 Å². The Bertz CT molecular complexity index is 766. The number of rotatable bonds is 4. The first kappa shape index (κ1) is 14.8. The summed E-state index contributed by atoms with van der Waals surface area (Å²) in [5.41, 5.74) is 11.3. The van der Waals surface area contributed by atoms with Crippen molar-refractivity contribution in [1.29, 1.82) is 0 Å². The fraction of sp³-hybridized carbons (Fsp3) is 0.176. The van der Waals surface area contributed by atoms with Crippen LogP contribution in [-0.2, 0) is 4.79 Å². The highest BCUT2D eigenvalue weighted by Gasteiger charge is 2.32. The van der Waals surface area contributed by atoms with Crippen LogP contribution in [0.4, 0.5) is 0 Å². The maximum atomic E-state index is 12.3. The third-order valence-corrected chi connectivity index (χ3v) is 3.73. The average molecular weight is 305 g/mol. The molecule has 6 heteroatoms. The minimum Gasteiger partial charge on any atom is -0.273 e. The first-order valence-electron chi connectivity index (χ1n) is 7.30. The fourth-order valence-electron chi connectivity index (χ4n) is 2.64. The van der Waals surface area contributed by atoms with Gasteiger partial charge >= 0.3 is 0 Å². The van der Waals surface area contributed by atoms with Gasteiger partial charge in [-0.05, 0) is 16.7 Å². The lowest BCUT2D eigenvalue weighted by Crippen LogP contribution is -2.28. The fourth-order valence-corrected chi connectivity index (χ4v) is 2.64. The van der Waals surface area contributed by atoms with E-state index in [9.17, 15) is 4.79 Å². The Morgan fingerprint density at radius 1 is 1.17 bits per heavy atom. The number of amides is 1. The smallest absolute Gasteiger partial charge is 0.249 e. The topological polar surface area (TPSA) is 81.4 Å². The number of carbonyl (C=O) groups excluding carboxylic acids is 1. The molecule has 2 aromatic carbocycles. The second kappa shape index (κ2) is 6.77. The molecule has 1 atom stereocenters. The van der Waals surface area contributed by atoms with Crippen LogP contribution in [0.2, 0.25) is 0 Å². The number of hydrazone groups is 1. The summed E-state index contributed by atoms with van der Waals surface area (Å²) < 4.78 is 0. The maximum Gasteiger partial charge on any atom is 0.249 e. The van der Waals surface area contributed by atoms with E-state index in [1.807, 2.05) is 60.7 Å². The van der Waals surface area contributed by atoms with E-state index in [0.29, 0.717) is 6.42 Å².